The normalized spacial score (nSPS) is 27.1. The van der Waals surface area contributed by atoms with Gasteiger partial charge in [0.2, 0.25) is 0 Å². The molecular formula is C41H53ClN4O12. The number of hydrogen-bond acceptors (Lipinski definition) is 12. The lowest BCUT2D eigenvalue weighted by atomic mass is 10.0. The molecule has 58 heavy (non-hydrogen) atoms. The largest absolute Gasteiger partial charge is 0.451 e. The molecule has 0 radical (unpaired) electrons. The van der Waals surface area contributed by atoms with E-state index in [1.54, 1.807) is 36.4 Å². The fourth-order valence-electron chi connectivity index (χ4n) is 5.68. The number of likely N-dealkylation sites (N-methyl/N-ethyl adjacent to an activating group) is 4. The average molecular weight is 829 g/mol. The van der Waals surface area contributed by atoms with E-state index >= 15 is 0 Å². The van der Waals surface area contributed by atoms with Crippen LogP contribution in [0.4, 0.5) is 0 Å². The van der Waals surface area contributed by atoms with E-state index < -0.39 is 96.1 Å². The van der Waals surface area contributed by atoms with Crippen molar-refractivity contribution in [3.63, 3.8) is 0 Å². The second-order valence-electron chi connectivity index (χ2n) is 14.5. The first-order valence-electron chi connectivity index (χ1n) is 18.7. The van der Waals surface area contributed by atoms with E-state index in [2.05, 4.69) is 0 Å². The molecule has 0 bridgehead atoms. The number of amides is 4. The van der Waals surface area contributed by atoms with Gasteiger partial charge in [-0.15, -0.1) is 0 Å². The molecular weight excluding hydrogens is 776 g/mol. The second-order valence-corrected chi connectivity index (χ2v) is 15.0. The highest BCUT2D eigenvalue weighted by molar-refractivity contribution is 6.30. The highest BCUT2D eigenvalue weighted by Gasteiger charge is 2.39. The van der Waals surface area contributed by atoms with Gasteiger partial charge in [0.05, 0.1) is 0 Å². The van der Waals surface area contributed by atoms with Gasteiger partial charge in [-0.25, -0.2) is 19.2 Å². The molecule has 0 aliphatic carbocycles. The molecule has 1 fully saturated rings. The zero-order valence-corrected chi connectivity index (χ0v) is 35.5. The summed E-state index contributed by atoms with van der Waals surface area (Å²) < 4.78 is 22.3. The first-order chi connectivity index (χ1) is 27.0. The molecule has 16 nitrogen and oxygen atoms in total. The van der Waals surface area contributed by atoms with Crippen molar-refractivity contribution in [1.82, 2.24) is 19.6 Å². The molecule has 3 rings (SSSR count). The van der Waals surface area contributed by atoms with Gasteiger partial charge < -0.3 is 38.5 Å². The lowest BCUT2D eigenvalue weighted by molar-refractivity contribution is -0.174. The number of carbonyl (C=O) groups excluding carboxylic acids is 8. The van der Waals surface area contributed by atoms with Gasteiger partial charge in [-0.2, -0.15) is 0 Å². The van der Waals surface area contributed by atoms with Gasteiger partial charge in [0.25, 0.3) is 23.6 Å². The Morgan fingerprint density at radius 2 is 0.724 bits per heavy atom. The van der Waals surface area contributed by atoms with E-state index in [1.807, 2.05) is 19.1 Å². The van der Waals surface area contributed by atoms with Crippen molar-refractivity contribution >= 4 is 59.1 Å². The van der Waals surface area contributed by atoms with Gasteiger partial charge in [-0.05, 0) is 71.7 Å². The number of cyclic esters (lactones) is 4. The minimum absolute atomic E-state index is 0.0896. The highest BCUT2D eigenvalue weighted by atomic mass is 35.5. The maximum Gasteiger partial charge on any atom is 0.329 e. The third-order valence-electron chi connectivity index (χ3n) is 10.3. The van der Waals surface area contributed by atoms with Crippen molar-refractivity contribution < 1.29 is 57.3 Å². The lowest BCUT2D eigenvalue weighted by Crippen LogP contribution is -2.53. The lowest BCUT2D eigenvalue weighted by Gasteiger charge is -2.32. The summed E-state index contributed by atoms with van der Waals surface area (Å²) in [4.78, 5) is 113. The quantitative estimate of drug-likeness (QED) is 0.325. The Labute approximate surface area is 343 Å². The molecule has 2 aromatic rings. The van der Waals surface area contributed by atoms with Crippen LogP contribution in [-0.2, 0) is 70.1 Å². The third-order valence-corrected chi connectivity index (χ3v) is 10.6. The monoisotopic (exact) mass is 828 g/mol. The second kappa shape index (κ2) is 20.3. The van der Waals surface area contributed by atoms with Crippen LogP contribution in [0.1, 0.15) is 58.2 Å². The Kier molecular flexibility index (Phi) is 16.4. The smallest absolute Gasteiger partial charge is 0.329 e. The minimum Gasteiger partial charge on any atom is -0.451 e. The molecule has 8 atom stereocenters. The van der Waals surface area contributed by atoms with Crippen LogP contribution < -0.4 is 0 Å². The SMILES string of the molecule is Cc1ccc(CC2OC(=O)C(C)N(C)C(=O)C(C)OC(=O)C(C)N(C)C(=O)C(Cc3ccc(Cl)cc3)OC(=O)C(C)N(C)C(=O)C(C)OC(=O)C(C)N(C)C2=O)cc1. The van der Waals surface area contributed by atoms with Crippen LogP contribution in [0.5, 0.6) is 0 Å². The average Bonchev–Trinajstić information content (AvgIpc) is 3.20. The van der Waals surface area contributed by atoms with Crippen LogP contribution in [0, 0.1) is 6.92 Å². The minimum atomic E-state index is -1.50. The first kappa shape index (κ1) is 46.9. The van der Waals surface area contributed by atoms with Gasteiger partial charge in [0.15, 0.2) is 24.4 Å². The van der Waals surface area contributed by atoms with E-state index in [1.165, 1.54) is 69.7 Å². The number of halogens is 1. The molecule has 1 aliphatic rings. The molecule has 0 aromatic heterocycles. The number of hydrogen-bond donors (Lipinski definition) is 0. The van der Waals surface area contributed by atoms with E-state index in [0.29, 0.717) is 16.1 Å². The zero-order valence-electron chi connectivity index (χ0n) is 34.7. The molecule has 1 aliphatic heterocycles. The number of rotatable bonds is 4. The van der Waals surface area contributed by atoms with Gasteiger partial charge in [-0.3, -0.25) is 19.2 Å². The molecule has 17 heteroatoms. The molecule has 8 unspecified atom stereocenters. The number of ether oxygens (including phenoxy) is 4. The van der Waals surface area contributed by atoms with Crippen molar-refractivity contribution in [2.45, 2.75) is 110 Å². The summed E-state index contributed by atoms with van der Waals surface area (Å²) in [7, 11) is 5.17. The van der Waals surface area contributed by atoms with E-state index in [9.17, 15) is 38.4 Å². The molecule has 316 valence electrons. The number of nitrogens with zero attached hydrogens (tertiary/aromatic N) is 4. The predicted octanol–water partition coefficient (Wildman–Crippen LogP) is 2.52. The van der Waals surface area contributed by atoms with Crippen molar-refractivity contribution in [2.24, 2.45) is 0 Å². The number of benzene rings is 2. The Morgan fingerprint density at radius 3 is 1.05 bits per heavy atom. The summed E-state index contributed by atoms with van der Waals surface area (Å²) in [5, 5.41) is 0.424. The van der Waals surface area contributed by atoms with Gasteiger partial charge >= 0.3 is 23.9 Å². The summed E-state index contributed by atoms with van der Waals surface area (Å²) in [6.45, 7) is 9.89. The molecule has 0 spiro atoms. The number of carbonyl (C=O) groups is 8. The van der Waals surface area contributed by atoms with Crippen LogP contribution in [0.3, 0.4) is 0 Å². The molecule has 1 saturated heterocycles. The maximum atomic E-state index is 13.9. The van der Waals surface area contributed by atoms with Gasteiger partial charge in [0, 0.05) is 46.1 Å². The zero-order chi connectivity index (χ0) is 43.8. The summed E-state index contributed by atoms with van der Waals surface area (Å²) in [6, 6.07) is 8.39. The Morgan fingerprint density at radius 1 is 0.448 bits per heavy atom. The Balaban J connectivity index is 2.02. The maximum absolute atomic E-state index is 13.9. The van der Waals surface area contributed by atoms with Crippen molar-refractivity contribution in [3.05, 3.63) is 70.2 Å². The van der Waals surface area contributed by atoms with E-state index in [-0.39, 0.29) is 12.8 Å². The Bertz CT molecular complexity index is 1720. The fraction of sp³-hybridized carbons (Fsp3) is 0.512. The standard InChI is InChI=1S/C41H53ClN4O12/c1-22-12-14-29(15-13-22)20-32-36(49)45(10)23(2)38(51)55-28(7)35(48)44(9)26(5)41(54)58-33(21-30-16-18-31(42)19-17-30)37(50)46(11)24(3)39(52)56-27(6)34(47)43(8)25(4)40(53)57-32/h12-19,23-28,32-33H,20-21H2,1-11H3. The number of aryl methyl sites for hydroxylation is 1. The van der Waals surface area contributed by atoms with Crippen LogP contribution in [0.2, 0.25) is 5.02 Å². The van der Waals surface area contributed by atoms with Crippen LogP contribution in [0.15, 0.2) is 48.5 Å². The molecule has 2 aromatic carbocycles. The van der Waals surface area contributed by atoms with Crippen molar-refractivity contribution in [1.29, 1.82) is 0 Å². The fourth-order valence-corrected chi connectivity index (χ4v) is 5.80. The van der Waals surface area contributed by atoms with E-state index in [0.717, 1.165) is 25.2 Å². The van der Waals surface area contributed by atoms with Crippen molar-refractivity contribution in [2.75, 3.05) is 28.2 Å². The van der Waals surface area contributed by atoms with E-state index in [4.69, 9.17) is 30.5 Å². The first-order valence-corrected chi connectivity index (χ1v) is 19.1. The van der Waals surface area contributed by atoms with Crippen LogP contribution >= 0.6 is 11.6 Å². The van der Waals surface area contributed by atoms with Gasteiger partial charge in [0.1, 0.15) is 24.2 Å². The van der Waals surface area contributed by atoms with Crippen molar-refractivity contribution in [3.8, 4) is 0 Å². The molecule has 0 saturated carbocycles. The molecule has 0 N–H and O–H groups in total. The van der Waals surface area contributed by atoms with Gasteiger partial charge in [-0.1, -0.05) is 53.6 Å². The summed E-state index contributed by atoms with van der Waals surface area (Å²) >= 11 is 6.04. The number of esters is 4. The predicted molar refractivity (Wildman–Crippen MR) is 210 cm³/mol. The molecule has 1 heterocycles. The van der Waals surface area contributed by atoms with Crippen LogP contribution in [0.25, 0.3) is 0 Å². The Hall–Kier alpha value is -5.51. The summed E-state index contributed by atoms with van der Waals surface area (Å²) in [5.41, 5.74) is 2.14. The summed E-state index contributed by atoms with van der Waals surface area (Å²) in [6.07, 6.45) is -6.07. The summed E-state index contributed by atoms with van der Waals surface area (Å²) in [5.74, 6) is -7.05. The topological polar surface area (TPSA) is 186 Å². The molecule has 4 amide bonds. The highest BCUT2D eigenvalue weighted by Crippen LogP contribution is 2.19. The van der Waals surface area contributed by atoms with Crippen LogP contribution in [-0.4, -0.2) is 144 Å². The third kappa shape index (κ3) is 11.8.